The smallest absolute Gasteiger partial charge is 0.142 e. The fourth-order valence-corrected chi connectivity index (χ4v) is 5.16. The molecule has 39 heavy (non-hydrogen) atoms. The molecule has 0 radical (unpaired) electrons. The summed E-state index contributed by atoms with van der Waals surface area (Å²) in [5, 5.41) is 3.48. The molecule has 0 saturated carbocycles. The maximum Gasteiger partial charge on any atom is 0.142 e. The van der Waals surface area contributed by atoms with Crippen LogP contribution in [0, 0.1) is 0 Å². The number of hydrogen-bond acceptors (Lipinski definition) is 2. The number of nitrogens with one attached hydrogen (secondary N) is 1. The Kier molecular flexibility index (Phi) is 6.99. The Morgan fingerprint density at radius 2 is 1.08 bits per heavy atom. The second kappa shape index (κ2) is 11.0. The van der Waals surface area contributed by atoms with E-state index in [0.717, 1.165) is 55.0 Å². The number of rotatable bonds is 5. The summed E-state index contributed by atoms with van der Waals surface area (Å²) in [5.74, 6) is 0.816. The lowest BCUT2D eigenvalue weighted by atomic mass is 9.88. The molecule has 1 aliphatic rings. The Morgan fingerprint density at radius 1 is 0.538 bits per heavy atom. The van der Waals surface area contributed by atoms with Crippen molar-refractivity contribution in [2.24, 2.45) is 0 Å². The number of allylic oxidation sites excluding steroid dienone is 4. The first-order chi connectivity index (χ1) is 19.2. The maximum atomic E-state index is 6.16. The number of fused-ring (bicyclic) bond motifs is 1. The second-order valence-electron chi connectivity index (χ2n) is 9.31. The van der Waals surface area contributed by atoms with E-state index in [4.69, 9.17) is 4.74 Å². The highest BCUT2D eigenvalue weighted by atomic mass is 79.9. The maximum absolute atomic E-state index is 6.16. The van der Waals surface area contributed by atoms with Gasteiger partial charge in [-0.1, -0.05) is 114 Å². The third-order valence-electron chi connectivity index (χ3n) is 6.80. The summed E-state index contributed by atoms with van der Waals surface area (Å²) >= 11 is 3.50. The third kappa shape index (κ3) is 5.22. The predicted molar refractivity (Wildman–Crippen MR) is 168 cm³/mol. The van der Waals surface area contributed by atoms with Crippen LogP contribution < -0.4 is 10.1 Å². The number of benzene rings is 5. The molecule has 0 unspecified atom stereocenters. The molecule has 0 aromatic heterocycles. The van der Waals surface area contributed by atoms with Gasteiger partial charge in [0.05, 0.1) is 6.26 Å². The molecule has 0 aliphatic carbocycles. The lowest BCUT2D eigenvalue weighted by Gasteiger charge is -2.19. The summed E-state index contributed by atoms with van der Waals surface area (Å²) in [6.45, 7) is 4.26. The first kappa shape index (κ1) is 24.7. The van der Waals surface area contributed by atoms with Gasteiger partial charge in [-0.15, -0.1) is 0 Å². The van der Waals surface area contributed by atoms with Crippen LogP contribution >= 0.6 is 15.9 Å². The minimum absolute atomic E-state index is 0.816. The molecule has 1 heterocycles. The van der Waals surface area contributed by atoms with Gasteiger partial charge in [0, 0.05) is 27.0 Å². The van der Waals surface area contributed by atoms with E-state index < -0.39 is 0 Å². The van der Waals surface area contributed by atoms with Crippen molar-refractivity contribution >= 4 is 32.9 Å². The molecule has 0 atom stereocenters. The molecule has 1 aliphatic heterocycles. The molecule has 1 N–H and O–H groups in total. The average molecular weight is 569 g/mol. The molecule has 5 aromatic carbocycles. The standard InChI is InChI=1S/C36H26BrNO/c1-25-9-6-7-24-39-36-30(25)14-8-15-35(36)34-13-5-4-12-33(34)32-11-3-2-10-31(32)26-16-20-28(21-17-26)38-29-22-18-27(37)19-23-29/h2-24,38H,1H2/b9-6-,24-7-. The number of hydrogen-bond donors (Lipinski definition) is 1. The van der Waals surface area contributed by atoms with Gasteiger partial charge in [0.2, 0.25) is 0 Å². The van der Waals surface area contributed by atoms with E-state index in [-0.39, 0.29) is 0 Å². The Hall–Kier alpha value is -4.60. The van der Waals surface area contributed by atoms with E-state index >= 15 is 0 Å². The summed E-state index contributed by atoms with van der Waals surface area (Å²) in [5.41, 5.74) is 10.8. The minimum atomic E-state index is 0.816. The molecule has 188 valence electrons. The van der Waals surface area contributed by atoms with Gasteiger partial charge in [-0.2, -0.15) is 0 Å². The lowest BCUT2D eigenvalue weighted by Crippen LogP contribution is -1.96. The summed E-state index contributed by atoms with van der Waals surface area (Å²) in [6, 6.07) is 40.1. The Morgan fingerprint density at radius 3 is 1.77 bits per heavy atom. The molecule has 0 bridgehead atoms. The summed E-state index contributed by atoms with van der Waals surface area (Å²) in [7, 11) is 0. The summed E-state index contributed by atoms with van der Waals surface area (Å²) < 4.78 is 7.22. The van der Waals surface area contributed by atoms with Crippen molar-refractivity contribution in [3.8, 4) is 39.1 Å². The predicted octanol–water partition coefficient (Wildman–Crippen LogP) is 10.7. The van der Waals surface area contributed by atoms with Gasteiger partial charge in [0.1, 0.15) is 5.75 Å². The van der Waals surface area contributed by atoms with Crippen molar-refractivity contribution in [3.63, 3.8) is 0 Å². The molecule has 2 nitrogen and oxygen atoms in total. The Labute approximate surface area is 237 Å². The highest BCUT2D eigenvalue weighted by molar-refractivity contribution is 9.10. The third-order valence-corrected chi connectivity index (χ3v) is 7.33. The van der Waals surface area contributed by atoms with Gasteiger partial charge in [-0.25, -0.2) is 0 Å². The molecular formula is C36H26BrNO. The molecular weight excluding hydrogens is 542 g/mol. The second-order valence-corrected chi connectivity index (χ2v) is 10.2. The van der Waals surface area contributed by atoms with Crippen LogP contribution in [0.2, 0.25) is 0 Å². The quantitative estimate of drug-likeness (QED) is 0.228. The van der Waals surface area contributed by atoms with Crippen LogP contribution in [0.25, 0.3) is 39.0 Å². The number of ether oxygens (including phenoxy) is 1. The van der Waals surface area contributed by atoms with Gasteiger partial charge >= 0.3 is 0 Å². The highest BCUT2D eigenvalue weighted by Crippen LogP contribution is 2.43. The zero-order valence-corrected chi connectivity index (χ0v) is 22.9. The zero-order chi connectivity index (χ0) is 26.6. The number of anilines is 2. The van der Waals surface area contributed by atoms with E-state index in [9.17, 15) is 0 Å². The first-order valence-corrected chi connectivity index (χ1v) is 13.6. The molecule has 5 aromatic rings. The van der Waals surface area contributed by atoms with E-state index in [2.05, 4.69) is 131 Å². The largest absolute Gasteiger partial charge is 0.464 e. The Bertz CT molecular complexity index is 1710. The number of para-hydroxylation sites is 1. The van der Waals surface area contributed by atoms with Crippen LogP contribution in [0.1, 0.15) is 5.56 Å². The fourth-order valence-electron chi connectivity index (χ4n) is 4.90. The monoisotopic (exact) mass is 567 g/mol. The minimum Gasteiger partial charge on any atom is -0.464 e. The van der Waals surface area contributed by atoms with E-state index in [1.165, 1.54) is 11.1 Å². The first-order valence-electron chi connectivity index (χ1n) is 12.8. The van der Waals surface area contributed by atoms with E-state index in [1.807, 2.05) is 30.4 Å². The van der Waals surface area contributed by atoms with Crippen molar-refractivity contribution in [1.82, 2.24) is 0 Å². The van der Waals surface area contributed by atoms with Crippen LogP contribution in [0.3, 0.4) is 0 Å². The lowest BCUT2D eigenvalue weighted by molar-refractivity contribution is 0.481. The van der Waals surface area contributed by atoms with Crippen molar-refractivity contribution in [1.29, 1.82) is 0 Å². The van der Waals surface area contributed by atoms with Crippen LogP contribution in [0.5, 0.6) is 5.75 Å². The van der Waals surface area contributed by atoms with Gasteiger partial charge in [-0.05, 0) is 75.9 Å². The van der Waals surface area contributed by atoms with Crippen LogP contribution in [0.15, 0.2) is 151 Å². The van der Waals surface area contributed by atoms with Gasteiger partial charge in [0.25, 0.3) is 0 Å². The van der Waals surface area contributed by atoms with Gasteiger partial charge in [-0.3, -0.25) is 0 Å². The molecule has 0 spiro atoms. The molecule has 3 heteroatoms. The van der Waals surface area contributed by atoms with Crippen molar-refractivity contribution in [2.75, 3.05) is 5.32 Å². The highest BCUT2D eigenvalue weighted by Gasteiger charge is 2.18. The van der Waals surface area contributed by atoms with Crippen LogP contribution in [0.4, 0.5) is 11.4 Å². The van der Waals surface area contributed by atoms with E-state index in [0.29, 0.717) is 0 Å². The molecule has 6 rings (SSSR count). The topological polar surface area (TPSA) is 21.3 Å². The van der Waals surface area contributed by atoms with E-state index in [1.54, 1.807) is 6.26 Å². The molecule has 0 amide bonds. The average Bonchev–Trinajstić information content (AvgIpc) is 2.97. The fraction of sp³-hybridized carbons (Fsp3) is 0. The summed E-state index contributed by atoms with van der Waals surface area (Å²) in [6.07, 6.45) is 7.58. The summed E-state index contributed by atoms with van der Waals surface area (Å²) in [4.78, 5) is 0. The van der Waals surface area contributed by atoms with Crippen molar-refractivity contribution in [2.45, 2.75) is 0 Å². The Balaban J connectivity index is 1.40. The SMILES string of the molecule is C=C1/C=C\C=C/Oc2c1cccc2-c1ccccc1-c1ccccc1-c1ccc(Nc2ccc(Br)cc2)cc1. The van der Waals surface area contributed by atoms with Gasteiger partial charge < -0.3 is 10.1 Å². The van der Waals surface area contributed by atoms with Crippen LogP contribution in [-0.2, 0) is 0 Å². The van der Waals surface area contributed by atoms with Crippen molar-refractivity contribution < 1.29 is 4.74 Å². The zero-order valence-electron chi connectivity index (χ0n) is 21.3. The number of halogens is 1. The molecule has 0 fully saturated rings. The van der Waals surface area contributed by atoms with Crippen molar-refractivity contribution in [3.05, 3.63) is 156 Å². The normalized spacial score (nSPS) is 13.9. The van der Waals surface area contributed by atoms with Gasteiger partial charge in [0.15, 0.2) is 0 Å². The van der Waals surface area contributed by atoms with Crippen LogP contribution in [-0.4, -0.2) is 0 Å². The molecule has 0 saturated heterocycles.